The summed E-state index contributed by atoms with van der Waals surface area (Å²) in [5, 5.41) is 48.6. The van der Waals surface area contributed by atoms with Gasteiger partial charge in [0, 0.05) is 29.2 Å². The third-order valence-electron chi connectivity index (χ3n) is 9.68. The summed E-state index contributed by atoms with van der Waals surface area (Å²) in [4.78, 5) is 41.0. The average Bonchev–Trinajstić information content (AvgIpc) is 3.19. The molecule has 11 heteroatoms. The molecular formula is C31H41N3O8. The van der Waals surface area contributed by atoms with E-state index in [-0.39, 0.29) is 29.7 Å². The lowest BCUT2D eigenvalue weighted by Gasteiger charge is -2.50. The van der Waals surface area contributed by atoms with Crippen LogP contribution in [-0.4, -0.2) is 82.2 Å². The number of allylic oxidation sites excluding steroid dienone is 1. The molecule has 0 aliphatic heterocycles. The molecule has 0 saturated heterocycles. The smallest absolute Gasteiger partial charge is 0.255 e. The number of rotatable bonds is 7. The first-order valence-electron chi connectivity index (χ1n) is 14.7. The van der Waals surface area contributed by atoms with Crippen molar-refractivity contribution in [2.24, 2.45) is 23.5 Å². The number of carbonyl (C=O) groups is 3. The van der Waals surface area contributed by atoms with Crippen molar-refractivity contribution >= 4 is 17.5 Å². The molecule has 7 N–H and O–H groups in total. The minimum atomic E-state index is -2.66. The van der Waals surface area contributed by atoms with Crippen LogP contribution in [0.2, 0.25) is 0 Å². The van der Waals surface area contributed by atoms with Crippen LogP contribution in [0.1, 0.15) is 66.4 Å². The first kappa shape index (κ1) is 30.1. The van der Waals surface area contributed by atoms with Gasteiger partial charge in [-0.05, 0) is 64.2 Å². The van der Waals surface area contributed by atoms with E-state index in [0.717, 1.165) is 6.54 Å². The summed E-state index contributed by atoms with van der Waals surface area (Å²) in [5.41, 5.74) is 2.84. The molecule has 1 saturated carbocycles. The van der Waals surface area contributed by atoms with Crippen LogP contribution in [0.25, 0.3) is 0 Å². The highest BCUT2D eigenvalue weighted by atomic mass is 16.5. The molecule has 228 valence electrons. The second-order valence-corrected chi connectivity index (χ2v) is 12.4. The molecule has 11 nitrogen and oxygen atoms in total. The summed E-state index contributed by atoms with van der Waals surface area (Å²) >= 11 is 0. The van der Waals surface area contributed by atoms with E-state index in [4.69, 9.17) is 10.5 Å². The van der Waals surface area contributed by atoms with E-state index in [1.54, 1.807) is 14.1 Å². The second kappa shape index (κ2) is 11.3. The molecule has 0 heterocycles. The molecule has 0 spiro atoms. The van der Waals surface area contributed by atoms with Crippen molar-refractivity contribution in [1.82, 2.24) is 10.2 Å². The van der Waals surface area contributed by atoms with E-state index >= 15 is 0 Å². The first-order valence-corrected chi connectivity index (χ1v) is 14.7. The molecule has 1 aromatic rings. The Morgan fingerprint density at radius 3 is 2.40 bits per heavy atom. The number of nitrogens with zero attached hydrogens (tertiary/aromatic N) is 1. The number of phenolic OH excluding ortho intramolecular Hbond substituents is 1. The quantitative estimate of drug-likeness (QED) is 0.206. The number of hydrogen-bond acceptors (Lipinski definition) is 10. The standard InChI is InChI=1S/C31H41N3O8/c1-34(2)24-19-11-16-10-18-22(25(36)21(16)28(38)31(19,41)29(39)23(26(24)37)30(32)40)20(35)12-17(27(18)42-3)14-33-13-15-8-6-4-5-7-9-15/h12,15-16,19,24,33,35,37-38,41H,4-11,13-14H2,1-3H3,(H2,32,40)/t16-,19-,24-,31-/m0/s1. The molecule has 5 rings (SSSR count). The van der Waals surface area contributed by atoms with Crippen LogP contribution in [-0.2, 0) is 22.6 Å². The number of likely N-dealkylation sites (N-methyl/N-ethyl adjacent to an activating group) is 1. The molecule has 1 aromatic carbocycles. The van der Waals surface area contributed by atoms with Crippen LogP contribution < -0.4 is 15.8 Å². The van der Waals surface area contributed by atoms with Crippen molar-refractivity contribution in [1.29, 1.82) is 0 Å². The normalized spacial score (nSPS) is 28.4. The van der Waals surface area contributed by atoms with Gasteiger partial charge in [0.2, 0.25) is 5.78 Å². The number of carbonyl (C=O) groups excluding carboxylic acids is 3. The Bertz CT molecular complexity index is 1370. The predicted octanol–water partition coefficient (Wildman–Crippen LogP) is 2.19. The van der Waals surface area contributed by atoms with Gasteiger partial charge in [0.1, 0.15) is 28.6 Å². The Morgan fingerprint density at radius 2 is 1.81 bits per heavy atom. The van der Waals surface area contributed by atoms with Crippen molar-refractivity contribution in [2.45, 2.75) is 69.6 Å². The molecule has 42 heavy (non-hydrogen) atoms. The Morgan fingerprint density at radius 1 is 1.14 bits per heavy atom. The number of fused-ring (bicyclic) bond motifs is 3. The van der Waals surface area contributed by atoms with Gasteiger partial charge in [0.05, 0.1) is 18.7 Å². The average molecular weight is 584 g/mol. The number of amides is 1. The van der Waals surface area contributed by atoms with E-state index in [1.165, 1.54) is 56.6 Å². The number of ether oxygens (including phenoxy) is 1. The number of benzene rings is 1. The number of ketones is 2. The highest BCUT2D eigenvalue weighted by molar-refractivity contribution is 6.24. The van der Waals surface area contributed by atoms with Crippen molar-refractivity contribution in [3.63, 3.8) is 0 Å². The minimum Gasteiger partial charge on any atom is -0.510 e. The SMILES string of the molecule is COc1c(CNCC2CCCCCC2)cc(O)c2c1C[C@H]1C[C@H]3[C@H](N(C)C)C(O)=C(C(N)=O)C(=O)[C@@]3(O)C(O)=C1C2=O. The lowest BCUT2D eigenvalue weighted by atomic mass is 9.58. The second-order valence-electron chi connectivity index (χ2n) is 12.4. The summed E-state index contributed by atoms with van der Waals surface area (Å²) in [6.07, 6.45) is 7.59. The van der Waals surface area contributed by atoms with Gasteiger partial charge in [-0.2, -0.15) is 0 Å². The van der Waals surface area contributed by atoms with Crippen LogP contribution in [0.3, 0.4) is 0 Å². The van der Waals surface area contributed by atoms with Crippen LogP contribution >= 0.6 is 0 Å². The fourth-order valence-corrected chi connectivity index (χ4v) is 7.73. The van der Waals surface area contributed by atoms with Gasteiger partial charge >= 0.3 is 0 Å². The third kappa shape index (κ3) is 4.67. The maximum atomic E-state index is 13.9. The number of aromatic hydroxyl groups is 1. The molecule has 0 aromatic heterocycles. The molecule has 4 aliphatic carbocycles. The van der Waals surface area contributed by atoms with Gasteiger partial charge in [-0.1, -0.05) is 25.7 Å². The van der Waals surface area contributed by atoms with E-state index < -0.39 is 58.0 Å². The number of aliphatic hydroxyl groups is 3. The topological polar surface area (TPSA) is 183 Å². The maximum Gasteiger partial charge on any atom is 0.255 e. The van der Waals surface area contributed by atoms with Crippen molar-refractivity contribution in [3.8, 4) is 11.5 Å². The summed E-state index contributed by atoms with van der Waals surface area (Å²) < 4.78 is 5.78. The summed E-state index contributed by atoms with van der Waals surface area (Å²) in [7, 11) is 4.70. The third-order valence-corrected chi connectivity index (χ3v) is 9.68. The number of hydrogen-bond donors (Lipinski definition) is 6. The van der Waals surface area contributed by atoms with Crippen molar-refractivity contribution in [2.75, 3.05) is 27.7 Å². The Kier molecular flexibility index (Phi) is 8.12. The molecule has 0 unspecified atom stereocenters. The highest BCUT2D eigenvalue weighted by Crippen LogP contribution is 2.53. The molecular weight excluding hydrogens is 542 g/mol. The minimum absolute atomic E-state index is 0.0276. The Hall–Kier alpha value is -3.41. The van der Waals surface area contributed by atoms with Crippen LogP contribution in [0.4, 0.5) is 0 Å². The highest BCUT2D eigenvalue weighted by Gasteiger charge is 2.63. The van der Waals surface area contributed by atoms with Gasteiger partial charge < -0.3 is 36.2 Å². The molecule has 1 amide bonds. The van der Waals surface area contributed by atoms with E-state index in [9.17, 15) is 34.8 Å². The number of phenols is 1. The summed E-state index contributed by atoms with van der Waals surface area (Å²) in [6, 6.07) is 0.443. The Balaban J connectivity index is 1.53. The van der Waals surface area contributed by atoms with Crippen molar-refractivity contribution in [3.05, 3.63) is 45.4 Å². The van der Waals surface area contributed by atoms with E-state index in [1.807, 2.05) is 0 Å². The Labute approximate surface area is 245 Å². The van der Waals surface area contributed by atoms with E-state index in [0.29, 0.717) is 29.3 Å². The fraction of sp³-hybridized carbons (Fsp3) is 0.581. The predicted molar refractivity (Wildman–Crippen MR) is 153 cm³/mol. The van der Waals surface area contributed by atoms with Crippen molar-refractivity contribution < 1.29 is 39.5 Å². The first-order chi connectivity index (χ1) is 19.9. The molecule has 4 aliphatic rings. The zero-order valence-electron chi connectivity index (χ0n) is 24.4. The summed E-state index contributed by atoms with van der Waals surface area (Å²) in [6.45, 7) is 1.27. The zero-order chi connectivity index (χ0) is 30.5. The lowest BCUT2D eigenvalue weighted by molar-refractivity contribution is -0.148. The van der Waals surface area contributed by atoms with Crippen LogP contribution in [0.15, 0.2) is 28.7 Å². The van der Waals surface area contributed by atoms with Gasteiger partial charge in [0.15, 0.2) is 11.4 Å². The van der Waals surface area contributed by atoms with Gasteiger partial charge in [-0.3, -0.25) is 19.3 Å². The molecule has 0 radical (unpaired) electrons. The number of nitrogens with two attached hydrogens (primary N) is 1. The van der Waals surface area contributed by atoms with Gasteiger partial charge in [-0.15, -0.1) is 0 Å². The lowest BCUT2D eigenvalue weighted by Crippen LogP contribution is -2.63. The van der Waals surface area contributed by atoms with E-state index in [2.05, 4.69) is 5.32 Å². The largest absolute Gasteiger partial charge is 0.510 e. The molecule has 0 bridgehead atoms. The van der Waals surface area contributed by atoms with Gasteiger partial charge in [-0.25, -0.2) is 0 Å². The zero-order valence-corrected chi connectivity index (χ0v) is 24.4. The molecule has 4 atom stereocenters. The number of Topliss-reactive ketones (excluding diaryl/α,β-unsaturated/α-hetero) is 2. The van der Waals surface area contributed by atoms with Crippen LogP contribution in [0, 0.1) is 17.8 Å². The maximum absolute atomic E-state index is 13.9. The van der Waals surface area contributed by atoms with Gasteiger partial charge in [0.25, 0.3) is 5.91 Å². The fourth-order valence-electron chi connectivity index (χ4n) is 7.73. The number of primary amides is 1. The summed E-state index contributed by atoms with van der Waals surface area (Å²) in [5.74, 6) is -5.67. The number of methoxy groups -OCH3 is 1. The van der Waals surface area contributed by atoms with Crippen LogP contribution in [0.5, 0.6) is 11.5 Å². The number of aliphatic hydroxyl groups excluding tert-OH is 2. The molecule has 1 fully saturated rings. The number of nitrogens with one attached hydrogen (secondary N) is 1. The monoisotopic (exact) mass is 583 g/mol.